The number of carbonyl (C=O) groups excluding carboxylic acids is 2. The van der Waals surface area contributed by atoms with Gasteiger partial charge in [-0.2, -0.15) is 0 Å². The molecular formula is C32H59O8P. The number of phosphoric acid groups is 1. The third-order valence-electron chi connectivity index (χ3n) is 6.69. The van der Waals surface area contributed by atoms with Crippen molar-refractivity contribution in [3.05, 3.63) is 24.3 Å². The van der Waals surface area contributed by atoms with Crippen LogP contribution in [0.25, 0.3) is 0 Å². The molecule has 0 aliphatic heterocycles. The Hall–Kier alpha value is -1.47. The highest BCUT2D eigenvalue weighted by molar-refractivity contribution is 7.46. The maximum absolute atomic E-state index is 12.3. The quantitative estimate of drug-likeness (QED) is 0.0377. The van der Waals surface area contributed by atoms with Crippen LogP contribution in [-0.4, -0.2) is 41.0 Å². The predicted molar refractivity (Wildman–Crippen MR) is 165 cm³/mol. The van der Waals surface area contributed by atoms with Gasteiger partial charge < -0.3 is 19.3 Å². The molecule has 0 aromatic carbocycles. The van der Waals surface area contributed by atoms with Gasteiger partial charge in [0, 0.05) is 12.8 Å². The number of esters is 2. The van der Waals surface area contributed by atoms with Crippen molar-refractivity contribution in [1.82, 2.24) is 0 Å². The molecule has 0 saturated carbocycles. The van der Waals surface area contributed by atoms with Gasteiger partial charge in [0.05, 0.1) is 6.61 Å². The summed E-state index contributed by atoms with van der Waals surface area (Å²) in [6.07, 6.45) is 29.0. The van der Waals surface area contributed by atoms with E-state index in [0.717, 1.165) is 77.0 Å². The smallest absolute Gasteiger partial charge is 0.462 e. The first-order chi connectivity index (χ1) is 19.8. The third kappa shape index (κ3) is 31.3. The number of allylic oxidation sites excluding steroid dienone is 4. The van der Waals surface area contributed by atoms with Crippen molar-refractivity contribution in [1.29, 1.82) is 0 Å². The van der Waals surface area contributed by atoms with Crippen LogP contribution in [0, 0.1) is 0 Å². The van der Waals surface area contributed by atoms with E-state index in [1.807, 2.05) is 0 Å². The fourth-order valence-electron chi connectivity index (χ4n) is 4.23. The van der Waals surface area contributed by atoms with Crippen LogP contribution in [0.2, 0.25) is 0 Å². The molecule has 0 saturated heterocycles. The number of rotatable bonds is 29. The Balaban J connectivity index is 4.07. The van der Waals surface area contributed by atoms with Crippen LogP contribution < -0.4 is 0 Å². The summed E-state index contributed by atoms with van der Waals surface area (Å²) in [6.45, 7) is 3.57. The van der Waals surface area contributed by atoms with Crippen LogP contribution in [0.5, 0.6) is 0 Å². The monoisotopic (exact) mass is 602 g/mol. The minimum absolute atomic E-state index is 0.201. The van der Waals surface area contributed by atoms with Crippen molar-refractivity contribution >= 4 is 19.8 Å². The van der Waals surface area contributed by atoms with Gasteiger partial charge in [0.2, 0.25) is 0 Å². The van der Waals surface area contributed by atoms with Gasteiger partial charge in [0.1, 0.15) is 6.61 Å². The molecular weight excluding hydrogens is 543 g/mol. The first-order valence-corrected chi connectivity index (χ1v) is 17.7. The lowest BCUT2D eigenvalue weighted by molar-refractivity contribution is -0.161. The minimum atomic E-state index is -4.74. The Bertz CT molecular complexity index is 731. The van der Waals surface area contributed by atoms with Gasteiger partial charge in [-0.25, -0.2) is 4.57 Å². The van der Waals surface area contributed by atoms with E-state index in [-0.39, 0.29) is 19.4 Å². The number of hydrogen-bond acceptors (Lipinski definition) is 6. The minimum Gasteiger partial charge on any atom is -0.462 e. The van der Waals surface area contributed by atoms with Gasteiger partial charge in [-0.3, -0.25) is 14.1 Å². The molecule has 41 heavy (non-hydrogen) atoms. The summed E-state index contributed by atoms with van der Waals surface area (Å²) in [6, 6.07) is 0. The topological polar surface area (TPSA) is 119 Å². The summed E-state index contributed by atoms with van der Waals surface area (Å²) in [5.41, 5.74) is 0. The molecule has 9 heteroatoms. The Labute approximate surface area is 249 Å². The van der Waals surface area contributed by atoms with E-state index in [2.05, 4.69) is 42.7 Å². The molecule has 0 aliphatic rings. The zero-order valence-corrected chi connectivity index (χ0v) is 26.8. The maximum atomic E-state index is 12.3. The number of unbranched alkanes of at least 4 members (excludes halogenated alkanes) is 15. The molecule has 0 bridgehead atoms. The SMILES string of the molecule is CCCC/C=C/CCCCCCCC(=O)OC[C@H](COP(=O)(O)O)OC(=O)CCCCCCC/C=C/CCCCC. The number of ether oxygens (including phenoxy) is 2. The second-order valence-electron chi connectivity index (χ2n) is 10.8. The molecule has 2 N–H and O–H groups in total. The van der Waals surface area contributed by atoms with E-state index in [4.69, 9.17) is 19.3 Å². The highest BCUT2D eigenvalue weighted by atomic mass is 31.2. The third-order valence-corrected chi connectivity index (χ3v) is 7.18. The summed E-state index contributed by atoms with van der Waals surface area (Å²) in [5, 5.41) is 0. The molecule has 0 rings (SSSR count). The fraction of sp³-hybridized carbons (Fsp3) is 0.812. The largest absolute Gasteiger partial charge is 0.469 e. The maximum Gasteiger partial charge on any atom is 0.469 e. The van der Waals surface area contributed by atoms with Gasteiger partial charge in [0.25, 0.3) is 0 Å². The van der Waals surface area contributed by atoms with E-state index in [1.165, 1.54) is 32.1 Å². The van der Waals surface area contributed by atoms with E-state index >= 15 is 0 Å². The number of phosphoric ester groups is 1. The van der Waals surface area contributed by atoms with E-state index in [1.54, 1.807) is 0 Å². The number of hydrogen-bond donors (Lipinski definition) is 2. The second-order valence-corrected chi connectivity index (χ2v) is 12.0. The predicted octanol–water partition coefficient (Wildman–Crippen LogP) is 8.90. The average molecular weight is 603 g/mol. The summed E-state index contributed by atoms with van der Waals surface area (Å²) in [5.74, 6) is -0.910. The lowest BCUT2D eigenvalue weighted by Crippen LogP contribution is -2.29. The zero-order valence-electron chi connectivity index (χ0n) is 25.9. The number of carbonyl (C=O) groups is 2. The van der Waals surface area contributed by atoms with Crippen molar-refractivity contribution in [3.8, 4) is 0 Å². The molecule has 0 aromatic heterocycles. The first kappa shape index (κ1) is 39.5. The highest BCUT2D eigenvalue weighted by Crippen LogP contribution is 2.35. The van der Waals surface area contributed by atoms with Crippen LogP contribution in [-0.2, 0) is 28.2 Å². The van der Waals surface area contributed by atoms with Gasteiger partial charge in [-0.05, 0) is 57.8 Å². The van der Waals surface area contributed by atoms with Crippen molar-refractivity contribution in [2.75, 3.05) is 13.2 Å². The van der Waals surface area contributed by atoms with Crippen molar-refractivity contribution in [2.24, 2.45) is 0 Å². The Morgan fingerprint density at radius 1 is 0.610 bits per heavy atom. The van der Waals surface area contributed by atoms with Gasteiger partial charge >= 0.3 is 19.8 Å². The van der Waals surface area contributed by atoms with Gasteiger partial charge in [0.15, 0.2) is 6.10 Å². The van der Waals surface area contributed by atoms with Crippen molar-refractivity contribution < 1.29 is 37.9 Å². The molecule has 1 atom stereocenters. The van der Waals surface area contributed by atoms with E-state index in [0.29, 0.717) is 12.8 Å². The molecule has 0 aliphatic carbocycles. The summed E-state index contributed by atoms with van der Waals surface area (Å²) in [4.78, 5) is 42.4. The molecule has 0 amide bonds. The summed E-state index contributed by atoms with van der Waals surface area (Å²) in [7, 11) is -4.74. The lowest BCUT2D eigenvalue weighted by Gasteiger charge is -2.18. The average Bonchev–Trinajstić information content (AvgIpc) is 2.93. The Morgan fingerprint density at radius 3 is 1.56 bits per heavy atom. The summed E-state index contributed by atoms with van der Waals surface area (Å²) >= 11 is 0. The van der Waals surface area contributed by atoms with E-state index in [9.17, 15) is 14.2 Å². The molecule has 0 fully saturated rings. The molecule has 8 nitrogen and oxygen atoms in total. The van der Waals surface area contributed by atoms with Gasteiger partial charge in [-0.1, -0.05) is 102 Å². The molecule has 0 aromatic rings. The molecule has 0 spiro atoms. The lowest BCUT2D eigenvalue weighted by atomic mass is 10.1. The second kappa shape index (κ2) is 28.6. The standard InChI is InChI=1S/C32H59O8P/c1-3-5-7-9-11-13-15-17-19-21-23-25-27-32(34)40-30(29-39-41(35,36)37)28-38-31(33)26-24-22-20-18-16-14-12-10-8-6-4-2/h10-13,30H,3-9,14-29H2,1-2H3,(H2,35,36,37)/b12-10+,13-11+/t30-/m1/s1. The molecule has 0 radical (unpaired) electrons. The summed E-state index contributed by atoms with van der Waals surface area (Å²) < 4.78 is 26.1. The molecule has 0 unspecified atom stereocenters. The van der Waals surface area contributed by atoms with E-state index < -0.39 is 32.5 Å². The van der Waals surface area contributed by atoms with Crippen LogP contribution in [0.15, 0.2) is 24.3 Å². The Morgan fingerprint density at radius 2 is 1.05 bits per heavy atom. The van der Waals surface area contributed by atoms with Crippen LogP contribution in [0.1, 0.15) is 149 Å². The van der Waals surface area contributed by atoms with Crippen LogP contribution in [0.4, 0.5) is 0 Å². The van der Waals surface area contributed by atoms with Crippen LogP contribution in [0.3, 0.4) is 0 Å². The van der Waals surface area contributed by atoms with Crippen molar-refractivity contribution in [3.63, 3.8) is 0 Å². The zero-order chi connectivity index (χ0) is 30.4. The first-order valence-electron chi connectivity index (χ1n) is 16.1. The fourth-order valence-corrected chi connectivity index (χ4v) is 4.59. The molecule has 240 valence electrons. The van der Waals surface area contributed by atoms with Crippen molar-refractivity contribution in [2.45, 2.75) is 155 Å². The van der Waals surface area contributed by atoms with Gasteiger partial charge in [-0.15, -0.1) is 0 Å². The Kier molecular flexibility index (Phi) is 27.6. The normalized spacial score (nSPS) is 12.8. The van der Waals surface area contributed by atoms with Crippen LogP contribution >= 0.6 is 7.82 Å². The molecule has 0 heterocycles. The highest BCUT2D eigenvalue weighted by Gasteiger charge is 2.22.